The first kappa shape index (κ1) is 18.7. The van der Waals surface area contributed by atoms with Crippen LogP contribution in [0.2, 0.25) is 0 Å². The number of hydrogen-bond donors (Lipinski definition) is 1. The summed E-state index contributed by atoms with van der Waals surface area (Å²) in [6, 6.07) is 14.7. The zero-order valence-electron chi connectivity index (χ0n) is 15.8. The van der Waals surface area contributed by atoms with E-state index in [2.05, 4.69) is 16.6 Å². The molecular formula is C21H23N3O3S. The molecule has 1 amide bonds. The molecule has 0 unspecified atom stereocenters. The van der Waals surface area contributed by atoms with E-state index in [0.717, 1.165) is 24.9 Å². The zero-order valence-corrected chi connectivity index (χ0v) is 16.6. The van der Waals surface area contributed by atoms with Gasteiger partial charge in [-0.05, 0) is 49.1 Å². The Bertz CT molecular complexity index is 1050. The van der Waals surface area contributed by atoms with Crippen LogP contribution in [-0.4, -0.2) is 38.2 Å². The molecule has 0 aromatic heterocycles. The number of hydrogen-bond acceptors (Lipinski definition) is 4. The molecule has 0 saturated carbocycles. The number of benzene rings is 2. The van der Waals surface area contributed by atoms with Gasteiger partial charge >= 0.3 is 0 Å². The number of fused-ring (bicyclic) bond motifs is 1. The van der Waals surface area contributed by atoms with Gasteiger partial charge in [-0.25, -0.2) is 0 Å². The van der Waals surface area contributed by atoms with Crippen LogP contribution in [0.3, 0.4) is 0 Å². The van der Waals surface area contributed by atoms with Crippen molar-refractivity contribution < 1.29 is 13.2 Å². The zero-order chi connectivity index (χ0) is 19.7. The molecule has 1 N–H and O–H groups in total. The van der Waals surface area contributed by atoms with Crippen molar-refractivity contribution in [2.75, 3.05) is 18.4 Å². The number of amides is 1. The molecule has 28 heavy (non-hydrogen) atoms. The lowest BCUT2D eigenvalue weighted by atomic mass is 9.96. The molecule has 1 atom stereocenters. The maximum absolute atomic E-state index is 12.8. The van der Waals surface area contributed by atoms with E-state index in [4.69, 9.17) is 0 Å². The Morgan fingerprint density at radius 3 is 2.86 bits per heavy atom. The number of piperidine rings is 1. The van der Waals surface area contributed by atoms with Gasteiger partial charge in [-0.1, -0.05) is 31.2 Å². The van der Waals surface area contributed by atoms with Gasteiger partial charge in [-0.2, -0.15) is 8.42 Å². The predicted octanol–water partition coefficient (Wildman–Crippen LogP) is 3.05. The number of sulfonamides is 1. The average molecular weight is 398 g/mol. The van der Waals surface area contributed by atoms with E-state index in [1.807, 2.05) is 35.2 Å². The number of carbonyl (C=O) groups excluding carboxylic acids is 1. The van der Waals surface area contributed by atoms with Crippen molar-refractivity contribution in [3.63, 3.8) is 0 Å². The van der Waals surface area contributed by atoms with Crippen LogP contribution < -0.4 is 5.32 Å². The van der Waals surface area contributed by atoms with Crippen molar-refractivity contribution in [3.8, 4) is 0 Å². The van der Waals surface area contributed by atoms with Crippen LogP contribution in [0.5, 0.6) is 0 Å². The molecule has 2 heterocycles. The Morgan fingerprint density at radius 1 is 1.21 bits per heavy atom. The Balaban J connectivity index is 1.51. The van der Waals surface area contributed by atoms with Crippen molar-refractivity contribution in [2.45, 2.75) is 31.1 Å². The van der Waals surface area contributed by atoms with Crippen LogP contribution in [0.25, 0.3) is 0 Å². The fourth-order valence-corrected chi connectivity index (χ4v) is 5.04. The van der Waals surface area contributed by atoms with Crippen LogP contribution in [0.15, 0.2) is 57.8 Å². The maximum atomic E-state index is 12.8. The molecule has 0 aliphatic carbocycles. The number of likely N-dealkylation sites (tertiary alicyclic amines) is 1. The van der Waals surface area contributed by atoms with E-state index in [1.165, 1.54) is 5.56 Å². The highest BCUT2D eigenvalue weighted by atomic mass is 32.2. The van der Waals surface area contributed by atoms with Gasteiger partial charge in [0, 0.05) is 24.3 Å². The number of nitrogens with one attached hydrogen (secondary N) is 1. The minimum Gasteiger partial charge on any atom is -0.355 e. The fourth-order valence-electron chi connectivity index (χ4n) is 3.81. The monoisotopic (exact) mass is 397 g/mol. The molecule has 2 aliphatic rings. The Morgan fingerprint density at radius 2 is 2.04 bits per heavy atom. The van der Waals surface area contributed by atoms with E-state index in [0.29, 0.717) is 24.5 Å². The first-order valence-corrected chi connectivity index (χ1v) is 11.0. The van der Waals surface area contributed by atoms with Crippen LogP contribution in [0.1, 0.15) is 30.9 Å². The third-order valence-electron chi connectivity index (χ3n) is 5.31. The SMILES string of the molecule is CCc1cccc(NC(=O)[C@H]2CCCN(C3=NS(=O)(=O)c4ccccc43)C2)c1. The number of anilines is 1. The van der Waals surface area contributed by atoms with Crippen molar-refractivity contribution in [3.05, 3.63) is 59.7 Å². The minimum atomic E-state index is -3.65. The number of nitrogens with zero attached hydrogens (tertiary/aromatic N) is 2. The minimum absolute atomic E-state index is 0.0345. The van der Waals surface area contributed by atoms with E-state index >= 15 is 0 Å². The molecule has 2 aromatic rings. The van der Waals surface area contributed by atoms with E-state index in [9.17, 15) is 13.2 Å². The molecule has 2 aliphatic heterocycles. The number of aryl methyl sites for hydroxylation is 1. The molecule has 0 radical (unpaired) electrons. The van der Waals surface area contributed by atoms with Crippen molar-refractivity contribution in [1.82, 2.24) is 4.90 Å². The van der Waals surface area contributed by atoms with Crippen molar-refractivity contribution in [2.24, 2.45) is 10.3 Å². The summed E-state index contributed by atoms with van der Waals surface area (Å²) in [5, 5.41) is 3.01. The summed E-state index contributed by atoms with van der Waals surface area (Å²) in [5.41, 5.74) is 2.59. The molecule has 6 nitrogen and oxygen atoms in total. The van der Waals surface area contributed by atoms with Crippen molar-refractivity contribution in [1.29, 1.82) is 0 Å². The Labute approximate surface area is 165 Å². The van der Waals surface area contributed by atoms with Crippen LogP contribution >= 0.6 is 0 Å². The van der Waals surface area contributed by atoms with Gasteiger partial charge in [0.05, 0.1) is 5.92 Å². The molecule has 0 bridgehead atoms. The number of carbonyl (C=O) groups is 1. The van der Waals surface area contributed by atoms with Gasteiger partial charge in [-0.3, -0.25) is 4.79 Å². The van der Waals surface area contributed by atoms with Gasteiger partial charge in [0.1, 0.15) is 4.90 Å². The summed E-state index contributed by atoms with van der Waals surface area (Å²) in [4.78, 5) is 15.0. The molecule has 4 rings (SSSR count). The molecule has 0 spiro atoms. The smallest absolute Gasteiger partial charge is 0.285 e. The quantitative estimate of drug-likeness (QED) is 0.863. The highest BCUT2D eigenvalue weighted by molar-refractivity contribution is 7.90. The summed E-state index contributed by atoms with van der Waals surface area (Å²) in [5.74, 6) is 0.214. The predicted molar refractivity (Wildman–Crippen MR) is 109 cm³/mol. The van der Waals surface area contributed by atoms with Crippen LogP contribution in [-0.2, 0) is 21.2 Å². The normalized spacial score (nSPS) is 20.4. The van der Waals surface area contributed by atoms with Gasteiger partial charge < -0.3 is 10.2 Å². The van der Waals surface area contributed by atoms with Gasteiger partial charge in [0.25, 0.3) is 10.0 Å². The molecule has 146 valence electrons. The third kappa shape index (κ3) is 3.54. The summed E-state index contributed by atoms with van der Waals surface area (Å²) in [7, 11) is -3.65. The lowest BCUT2D eigenvalue weighted by Crippen LogP contribution is -2.43. The summed E-state index contributed by atoms with van der Waals surface area (Å²) < 4.78 is 28.7. The summed E-state index contributed by atoms with van der Waals surface area (Å²) >= 11 is 0. The molecular weight excluding hydrogens is 374 g/mol. The van der Waals surface area contributed by atoms with Crippen molar-refractivity contribution >= 4 is 27.5 Å². The first-order valence-electron chi connectivity index (χ1n) is 9.57. The van der Waals surface area contributed by atoms with E-state index in [-0.39, 0.29) is 16.7 Å². The van der Waals surface area contributed by atoms with Crippen LogP contribution in [0.4, 0.5) is 5.69 Å². The van der Waals surface area contributed by atoms with E-state index < -0.39 is 10.0 Å². The highest BCUT2D eigenvalue weighted by Gasteiger charge is 2.35. The second-order valence-corrected chi connectivity index (χ2v) is 8.79. The lowest BCUT2D eigenvalue weighted by molar-refractivity contribution is -0.121. The summed E-state index contributed by atoms with van der Waals surface area (Å²) in [6.07, 6.45) is 2.50. The molecule has 1 saturated heterocycles. The summed E-state index contributed by atoms with van der Waals surface area (Å²) in [6.45, 7) is 3.23. The fraction of sp³-hybridized carbons (Fsp3) is 0.333. The van der Waals surface area contributed by atoms with Gasteiger partial charge in [-0.15, -0.1) is 4.40 Å². The second kappa shape index (κ2) is 7.39. The maximum Gasteiger partial charge on any atom is 0.285 e. The number of rotatable bonds is 3. The first-order chi connectivity index (χ1) is 13.5. The molecule has 7 heteroatoms. The third-order valence-corrected chi connectivity index (χ3v) is 6.63. The lowest BCUT2D eigenvalue weighted by Gasteiger charge is -2.33. The molecule has 1 fully saturated rings. The highest BCUT2D eigenvalue weighted by Crippen LogP contribution is 2.30. The Hall–Kier alpha value is -2.67. The molecule has 2 aromatic carbocycles. The van der Waals surface area contributed by atoms with Gasteiger partial charge in [0.15, 0.2) is 5.84 Å². The van der Waals surface area contributed by atoms with E-state index in [1.54, 1.807) is 18.2 Å². The second-order valence-electron chi connectivity index (χ2n) is 7.21. The van der Waals surface area contributed by atoms with Crippen LogP contribution in [0, 0.1) is 5.92 Å². The number of amidine groups is 1. The van der Waals surface area contributed by atoms with Gasteiger partial charge in [0.2, 0.25) is 5.91 Å². The topological polar surface area (TPSA) is 78.8 Å². The Kier molecular flexibility index (Phi) is 4.93. The standard InChI is InChI=1S/C21H23N3O3S/c1-2-15-7-5-9-17(13-15)22-21(25)16-8-6-12-24(14-16)20-18-10-3-4-11-19(18)28(26,27)23-20/h3-5,7,9-11,13,16H,2,6,8,12,14H2,1H3,(H,22,25)/t16-/m0/s1. The largest absolute Gasteiger partial charge is 0.355 e. The average Bonchev–Trinajstić information content (AvgIpc) is 2.99.